The van der Waals surface area contributed by atoms with E-state index in [9.17, 15) is 22.2 Å². The lowest BCUT2D eigenvalue weighted by atomic mass is 10.3. The topological polar surface area (TPSA) is 70.3 Å². The molecule has 0 aromatic rings. The third-order valence-electron chi connectivity index (χ3n) is 1.90. The van der Waals surface area contributed by atoms with E-state index in [2.05, 4.69) is 4.36 Å². The number of carbonyl (C=O) groups is 1. The molecule has 18 heavy (non-hydrogen) atoms. The summed E-state index contributed by atoms with van der Waals surface area (Å²) in [5.74, 6) is -2.29. The Balaban J connectivity index is 5.48. The maximum Gasteiger partial charge on any atom is 0.474 e. The fourth-order valence-electron chi connectivity index (χ4n) is 0.906. The van der Waals surface area contributed by atoms with Gasteiger partial charge in [0, 0.05) is 12.1 Å². The summed E-state index contributed by atoms with van der Waals surface area (Å²) in [5.41, 5.74) is 0. The van der Waals surface area contributed by atoms with Crippen LogP contribution < -0.4 is 0 Å². The van der Waals surface area contributed by atoms with Crippen LogP contribution in [0.25, 0.3) is 0 Å². The first-order valence-corrected chi connectivity index (χ1v) is 8.03. The molecule has 4 nitrogen and oxygen atoms in total. The second-order valence-corrected chi connectivity index (χ2v) is 8.77. The molecule has 0 saturated heterocycles. The Morgan fingerprint density at radius 1 is 1.56 bits per heavy atom. The summed E-state index contributed by atoms with van der Waals surface area (Å²) in [4.78, 5) is 10.7. The molecule has 10 heteroatoms. The number of nitrogens with zero attached hydrogens (tertiary/aromatic N) is 2. The lowest BCUT2D eigenvalue weighted by Gasteiger charge is -2.20. The number of hydrogen-bond donors (Lipinski definition) is 0. The monoisotopic (exact) mass is 416 g/mol. The maximum atomic E-state index is 12.0. The fraction of sp³-hybridized carbons (Fsp3) is 0.750. The van der Waals surface area contributed by atoms with Gasteiger partial charge in [-0.25, -0.2) is 4.21 Å². The highest BCUT2D eigenvalue weighted by Gasteiger charge is 2.43. The van der Waals surface area contributed by atoms with Gasteiger partial charge in [-0.15, -0.1) is 11.6 Å². The lowest BCUT2D eigenvalue weighted by Crippen LogP contribution is -2.32. The first-order chi connectivity index (χ1) is 8.00. The van der Waals surface area contributed by atoms with E-state index in [-0.39, 0.29) is 18.7 Å². The van der Waals surface area contributed by atoms with Crippen molar-refractivity contribution in [2.45, 2.75) is 21.8 Å². The highest BCUT2D eigenvalue weighted by Crippen LogP contribution is 2.33. The van der Waals surface area contributed by atoms with E-state index in [4.69, 9.17) is 16.9 Å². The van der Waals surface area contributed by atoms with Crippen LogP contribution in [0.15, 0.2) is 4.36 Å². The van der Waals surface area contributed by atoms with Gasteiger partial charge in [0.05, 0.1) is 15.8 Å². The third-order valence-corrected chi connectivity index (χ3v) is 7.41. The van der Waals surface area contributed by atoms with Gasteiger partial charge in [0.15, 0.2) is 2.75 Å². The van der Waals surface area contributed by atoms with E-state index in [0.29, 0.717) is 0 Å². The highest BCUT2D eigenvalue weighted by molar-refractivity contribution is 14.1. The van der Waals surface area contributed by atoms with Crippen LogP contribution in [-0.4, -0.2) is 31.2 Å². The SMILES string of the molecule is CS(=O)(=NC(=O)C(F)(F)F)C(I)(C#N)CCCCl. The molecule has 0 bridgehead atoms. The average Bonchev–Trinajstić information content (AvgIpc) is 2.23. The summed E-state index contributed by atoms with van der Waals surface area (Å²) < 4.78 is 49.2. The number of alkyl halides is 5. The quantitative estimate of drug-likeness (QED) is 0.523. The molecule has 0 aliphatic carbocycles. The molecule has 1 amide bonds. The van der Waals surface area contributed by atoms with E-state index in [0.717, 1.165) is 6.26 Å². The summed E-state index contributed by atoms with van der Waals surface area (Å²) in [6, 6.07) is 1.65. The van der Waals surface area contributed by atoms with Crippen LogP contribution in [0.5, 0.6) is 0 Å². The molecule has 0 N–H and O–H groups in total. The molecule has 2 unspecified atom stereocenters. The van der Waals surface area contributed by atoms with E-state index in [1.807, 2.05) is 0 Å². The highest BCUT2D eigenvalue weighted by atomic mass is 127. The van der Waals surface area contributed by atoms with Gasteiger partial charge in [-0.2, -0.15) is 22.8 Å². The van der Waals surface area contributed by atoms with Crippen LogP contribution in [0, 0.1) is 11.3 Å². The Labute approximate surface area is 121 Å². The number of hydrogen-bond acceptors (Lipinski definition) is 3. The Hall–Kier alpha value is -0.0800. The zero-order valence-electron chi connectivity index (χ0n) is 9.13. The molecular weight excluding hydrogens is 408 g/mol. The minimum Gasteiger partial charge on any atom is -0.261 e. The number of nitriles is 1. The molecule has 0 spiro atoms. The normalized spacial score (nSPS) is 18.3. The zero-order valence-corrected chi connectivity index (χ0v) is 12.9. The molecule has 0 aliphatic heterocycles. The Bertz CT molecular complexity index is 482. The molecule has 0 saturated carbocycles. The Kier molecular flexibility index (Phi) is 6.35. The Morgan fingerprint density at radius 2 is 2.06 bits per heavy atom. The summed E-state index contributed by atoms with van der Waals surface area (Å²) >= 11 is 6.87. The molecule has 0 radical (unpaired) electrons. The number of halogens is 5. The van der Waals surface area contributed by atoms with Crippen molar-refractivity contribution in [3.05, 3.63) is 0 Å². The van der Waals surface area contributed by atoms with Crippen molar-refractivity contribution in [2.75, 3.05) is 12.1 Å². The van der Waals surface area contributed by atoms with Gasteiger partial charge in [-0.3, -0.25) is 4.79 Å². The van der Waals surface area contributed by atoms with E-state index >= 15 is 0 Å². The van der Waals surface area contributed by atoms with E-state index in [1.165, 1.54) is 22.6 Å². The first kappa shape index (κ1) is 17.9. The molecule has 104 valence electrons. The smallest absolute Gasteiger partial charge is 0.261 e. The molecule has 0 rings (SSSR count). The van der Waals surface area contributed by atoms with Gasteiger partial charge in [-0.1, -0.05) is 0 Å². The van der Waals surface area contributed by atoms with Crippen LogP contribution in [0.2, 0.25) is 0 Å². The van der Waals surface area contributed by atoms with Gasteiger partial charge in [0.2, 0.25) is 0 Å². The van der Waals surface area contributed by atoms with Crippen LogP contribution in [-0.2, 0) is 14.5 Å². The van der Waals surface area contributed by atoms with Crippen molar-refractivity contribution in [3.8, 4) is 6.07 Å². The molecule has 0 aromatic carbocycles. The molecule has 0 aliphatic rings. The van der Waals surface area contributed by atoms with E-state index in [1.54, 1.807) is 6.07 Å². The van der Waals surface area contributed by atoms with Crippen LogP contribution in [0.1, 0.15) is 12.8 Å². The molecule has 2 atom stereocenters. The molecule has 0 heterocycles. The minimum atomic E-state index is -5.20. The van der Waals surface area contributed by atoms with Gasteiger partial charge in [0.25, 0.3) is 0 Å². The molecule has 0 fully saturated rings. The standard InChI is InChI=1S/C8H9ClF3IN2O2S/c1-18(17,15-6(16)8(10,11)12)7(13,5-14)3-2-4-9/h2-4H2,1H3. The fourth-order valence-corrected chi connectivity index (χ4v) is 2.97. The maximum absolute atomic E-state index is 12.0. The van der Waals surface area contributed by atoms with Gasteiger partial charge in [0.1, 0.15) is 0 Å². The van der Waals surface area contributed by atoms with Crippen molar-refractivity contribution in [2.24, 2.45) is 4.36 Å². The zero-order chi connectivity index (χ0) is 14.6. The van der Waals surface area contributed by atoms with Crippen LogP contribution in [0.4, 0.5) is 13.2 Å². The lowest BCUT2D eigenvalue weighted by molar-refractivity contribution is -0.169. The predicted molar refractivity (Wildman–Crippen MR) is 69.9 cm³/mol. The second kappa shape index (κ2) is 6.38. The second-order valence-electron chi connectivity index (χ2n) is 3.33. The number of amides is 1. The molecule has 0 aromatic heterocycles. The summed E-state index contributed by atoms with van der Waals surface area (Å²) in [7, 11) is -3.65. The first-order valence-electron chi connectivity index (χ1n) is 4.49. The number of carbonyl (C=O) groups excluding carboxylic acids is 1. The summed E-state index contributed by atoms with van der Waals surface area (Å²) in [6.45, 7) is 0. The molecular formula is C8H9ClF3IN2O2S. The van der Waals surface area contributed by atoms with Gasteiger partial charge >= 0.3 is 12.1 Å². The third kappa shape index (κ3) is 4.55. The van der Waals surface area contributed by atoms with Gasteiger partial charge < -0.3 is 0 Å². The summed E-state index contributed by atoms with van der Waals surface area (Å²) in [6.07, 6.45) is -4.07. The average molecular weight is 417 g/mol. The van der Waals surface area contributed by atoms with Crippen molar-refractivity contribution < 1.29 is 22.2 Å². The predicted octanol–water partition coefficient (Wildman–Crippen LogP) is 2.85. The Morgan fingerprint density at radius 3 is 2.39 bits per heavy atom. The minimum absolute atomic E-state index is 0.0163. The van der Waals surface area contributed by atoms with E-state index < -0.39 is 24.6 Å². The van der Waals surface area contributed by atoms with Crippen molar-refractivity contribution >= 4 is 49.8 Å². The van der Waals surface area contributed by atoms with Crippen LogP contribution in [0.3, 0.4) is 0 Å². The van der Waals surface area contributed by atoms with Crippen molar-refractivity contribution in [1.29, 1.82) is 5.26 Å². The van der Waals surface area contributed by atoms with Crippen molar-refractivity contribution in [1.82, 2.24) is 0 Å². The largest absolute Gasteiger partial charge is 0.474 e. The number of rotatable bonds is 4. The van der Waals surface area contributed by atoms with Crippen LogP contribution >= 0.6 is 34.2 Å². The summed E-state index contributed by atoms with van der Waals surface area (Å²) in [5, 5.41) is 8.93. The van der Waals surface area contributed by atoms with Crippen molar-refractivity contribution in [3.63, 3.8) is 0 Å². The van der Waals surface area contributed by atoms with Gasteiger partial charge in [-0.05, 0) is 35.4 Å².